The predicted molar refractivity (Wildman–Crippen MR) is 156 cm³/mol. The van der Waals surface area contributed by atoms with E-state index in [2.05, 4.69) is 31.8 Å². The smallest absolute Gasteiger partial charge is 0.210 e. The van der Waals surface area contributed by atoms with Crippen molar-refractivity contribution in [3.8, 4) is 11.5 Å². The molecule has 0 radical (unpaired) electrons. The summed E-state index contributed by atoms with van der Waals surface area (Å²) in [6, 6.07) is 9.63. The highest BCUT2D eigenvalue weighted by atomic mass is 32.1. The third-order valence-electron chi connectivity index (χ3n) is 9.35. The van der Waals surface area contributed by atoms with E-state index in [1.165, 1.54) is 33.3 Å². The minimum absolute atomic E-state index is 0.151. The van der Waals surface area contributed by atoms with Crippen molar-refractivity contribution >= 4 is 40.3 Å². The molecule has 3 aromatic rings. The number of aliphatic imine (C=N–C) groups is 1. The van der Waals surface area contributed by atoms with Gasteiger partial charge in [-0.2, -0.15) is 4.99 Å². The Morgan fingerprint density at radius 3 is 2.52 bits per heavy atom. The Balaban J connectivity index is 1.55. The number of ether oxygens (including phenoxy) is 1. The van der Waals surface area contributed by atoms with Crippen molar-refractivity contribution in [3.63, 3.8) is 0 Å². The summed E-state index contributed by atoms with van der Waals surface area (Å²) < 4.78 is 9.58. The van der Waals surface area contributed by atoms with Gasteiger partial charge in [-0.15, -0.1) is 0 Å². The van der Waals surface area contributed by atoms with Crippen molar-refractivity contribution in [2.75, 3.05) is 31.1 Å². The number of thiocarbonyl (C=S) groups is 1. The van der Waals surface area contributed by atoms with Crippen molar-refractivity contribution in [2.45, 2.75) is 51.4 Å². The van der Waals surface area contributed by atoms with Crippen LogP contribution in [0.2, 0.25) is 0 Å². The SMILES string of the molecule is O=C([O-])c1ccc(N=C=S)cc1C1=c2cc3c4c(c2Oc2c1cc1c5c2CCCN5CCC1)CCC[N+]=4CCC3. The van der Waals surface area contributed by atoms with Gasteiger partial charge in [-0.3, -0.25) is 0 Å². The molecule has 3 aromatic carbocycles. The summed E-state index contributed by atoms with van der Waals surface area (Å²) in [5.41, 5.74) is 9.74. The molecule has 0 bridgehead atoms. The van der Waals surface area contributed by atoms with Crippen LogP contribution >= 0.6 is 12.2 Å². The Hall–Kier alpha value is -3.80. The number of anilines is 1. The first kappa shape index (κ1) is 24.0. The Labute approximate surface area is 237 Å². The normalized spacial score (nSPS) is 18.1. The molecule has 0 N–H and O–H groups in total. The number of carboxylic acid groups (broad SMARTS) is 1. The molecule has 7 heteroatoms. The fourth-order valence-corrected chi connectivity index (χ4v) is 7.95. The molecule has 0 spiro atoms. The Bertz CT molecular complexity index is 1830. The quantitative estimate of drug-likeness (QED) is 0.224. The van der Waals surface area contributed by atoms with Gasteiger partial charge in [-0.25, -0.2) is 4.58 Å². The second kappa shape index (κ2) is 9.12. The van der Waals surface area contributed by atoms with Crippen molar-refractivity contribution < 1.29 is 14.6 Å². The van der Waals surface area contributed by atoms with E-state index >= 15 is 0 Å². The van der Waals surface area contributed by atoms with Gasteiger partial charge in [0.25, 0.3) is 0 Å². The highest BCUT2D eigenvalue weighted by Crippen LogP contribution is 2.49. The largest absolute Gasteiger partial charge is 0.545 e. The van der Waals surface area contributed by atoms with Crippen LogP contribution < -0.4 is 29.9 Å². The topological polar surface area (TPSA) is 68.0 Å². The molecule has 8 rings (SSSR count). The molecule has 0 aliphatic carbocycles. The molecule has 5 aliphatic rings. The van der Waals surface area contributed by atoms with Crippen LogP contribution in [-0.4, -0.2) is 37.3 Å². The van der Waals surface area contributed by atoms with Gasteiger partial charge in [0.2, 0.25) is 5.36 Å². The number of carboxylic acids is 1. The molecule has 0 amide bonds. The first-order valence-electron chi connectivity index (χ1n) is 14.5. The number of benzene rings is 3. The van der Waals surface area contributed by atoms with Gasteiger partial charge in [0.1, 0.15) is 24.6 Å². The lowest BCUT2D eigenvalue weighted by Gasteiger charge is -2.39. The van der Waals surface area contributed by atoms with Crippen molar-refractivity contribution in [1.29, 1.82) is 0 Å². The number of nitrogens with zero attached hydrogens (tertiary/aromatic N) is 3. The van der Waals surface area contributed by atoms with Gasteiger partial charge in [0.05, 0.1) is 22.4 Å². The van der Waals surface area contributed by atoms with Crippen LogP contribution in [0.1, 0.15) is 69.4 Å². The maximum Gasteiger partial charge on any atom is 0.210 e. The molecule has 0 fully saturated rings. The summed E-state index contributed by atoms with van der Waals surface area (Å²) in [6.07, 6.45) is 8.35. The van der Waals surface area contributed by atoms with E-state index in [0.29, 0.717) is 11.3 Å². The number of hydrogen-bond acceptors (Lipinski definition) is 6. The number of carbonyl (C=O) groups excluding carboxylic acids is 1. The lowest BCUT2D eigenvalue weighted by Crippen LogP contribution is -2.45. The van der Waals surface area contributed by atoms with E-state index in [4.69, 9.17) is 17.0 Å². The number of carbonyl (C=O) groups is 1. The van der Waals surface area contributed by atoms with Gasteiger partial charge in [0, 0.05) is 64.7 Å². The molecule has 0 atom stereocenters. The number of isothiocyanates is 1. The highest BCUT2D eigenvalue weighted by Gasteiger charge is 2.36. The van der Waals surface area contributed by atoms with E-state index in [0.717, 1.165) is 105 Å². The number of hydrogen-bond donors (Lipinski definition) is 0. The molecular weight excluding hydrogens is 518 g/mol. The van der Waals surface area contributed by atoms with Gasteiger partial charge in [-0.05, 0) is 86.1 Å². The van der Waals surface area contributed by atoms with E-state index in [-0.39, 0.29) is 5.56 Å². The monoisotopic (exact) mass is 547 g/mol. The molecule has 5 aliphatic heterocycles. The van der Waals surface area contributed by atoms with E-state index < -0.39 is 5.97 Å². The molecule has 0 saturated carbocycles. The van der Waals surface area contributed by atoms with Gasteiger partial charge in [-0.1, -0.05) is 6.07 Å². The van der Waals surface area contributed by atoms with Crippen LogP contribution in [0.3, 0.4) is 0 Å². The van der Waals surface area contributed by atoms with Crippen LogP contribution in [0.5, 0.6) is 11.5 Å². The molecule has 0 aromatic heterocycles. The number of fused-ring (bicyclic) bond motifs is 4. The molecule has 0 unspecified atom stereocenters. The van der Waals surface area contributed by atoms with Gasteiger partial charge in [0.15, 0.2) is 0 Å². The molecule has 200 valence electrons. The minimum atomic E-state index is -1.20. The van der Waals surface area contributed by atoms with Crippen LogP contribution in [0.15, 0.2) is 35.3 Å². The molecule has 40 heavy (non-hydrogen) atoms. The fraction of sp³-hybridized carbons (Fsp3) is 0.364. The average molecular weight is 548 g/mol. The zero-order valence-electron chi connectivity index (χ0n) is 22.3. The third-order valence-corrected chi connectivity index (χ3v) is 9.45. The van der Waals surface area contributed by atoms with Crippen LogP contribution in [0, 0.1) is 0 Å². The maximum atomic E-state index is 12.5. The Kier molecular flexibility index (Phi) is 5.48. The second-order valence-electron chi connectivity index (χ2n) is 11.6. The lowest BCUT2D eigenvalue weighted by atomic mass is 9.81. The van der Waals surface area contributed by atoms with Crippen molar-refractivity contribution in [3.05, 3.63) is 79.9 Å². The fourth-order valence-electron chi connectivity index (χ4n) is 7.84. The first-order valence-corrected chi connectivity index (χ1v) is 14.9. The van der Waals surface area contributed by atoms with E-state index in [1.54, 1.807) is 12.1 Å². The summed E-state index contributed by atoms with van der Waals surface area (Å²) in [5.74, 6) is 0.584. The highest BCUT2D eigenvalue weighted by molar-refractivity contribution is 7.78. The van der Waals surface area contributed by atoms with Gasteiger partial charge >= 0.3 is 0 Å². The molecular formula is C33H29N3O3S. The first-order chi connectivity index (χ1) is 19.6. The van der Waals surface area contributed by atoms with Gasteiger partial charge < -0.3 is 19.5 Å². The third kappa shape index (κ3) is 3.47. The lowest BCUT2D eigenvalue weighted by molar-refractivity contribution is -0.255. The number of rotatable bonds is 3. The summed E-state index contributed by atoms with van der Waals surface area (Å²) >= 11 is 4.90. The van der Waals surface area contributed by atoms with Crippen LogP contribution in [0.25, 0.3) is 5.57 Å². The van der Waals surface area contributed by atoms with E-state index in [1.807, 2.05) is 6.07 Å². The minimum Gasteiger partial charge on any atom is -0.545 e. The zero-order valence-corrected chi connectivity index (χ0v) is 23.2. The molecule has 6 nitrogen and oxygen atoms in total. The summed E-state index contributed by atoms with van der Waals surface area (Å²) in [4.78, 5) is 19.3. The number of aryl methyl sites for hydroxylation is 2. The van der Waals surface area contributed by atoms with Crippen molar-refractivity contribution in [2.24, 2.45) is 4.99 Å². The summed E-state index contributed by atoms with van der Waals surface area (Å²) in [5, 5.41) is 17.3. The Morgan fingerprint density at radius 1 is 0.925 bits per heavy atom. The van der Waals surface area contributed by atoms with Crippen LogP contribution in [0.4, 0.5) is 11.4 Å². The zero-order chi connectivity index (χ0) is 27.0. The standard InChI is InChI=1S/C33H29N3O3S/c37-33(38)22-10-9-21(34-18-40)17-25(22)28-26-15-19-5-1-11-35-13-3-7-23(29(19)35)31(26)39-32-24-8-4-14-36-12-2-6-20(30(24)36)16-27(28)32/h9-10,15-17H,1-8,11-14H2. The van der Waals surface area contributed by atoms with Crippen molar-refractivity contribution in [1.82, 2.24) is 4.58 Å². The maximum absolute atomic E-state index is 12.5. The predicted octanol–water partition coefficient (Wildman–Crippen LogP) is 3.22. The van der Waals surface area contributed by atoms with Crippen LogP contribution in [-0.2, 0) is 25.7 Å². The Morgan fingerprint density at radius 2 is 1.70 bits per heavy atom. The summed E-state index contributed by atoms with van der Waals surface area (Å²) in [6.45, 7) is 4.30. The molecule has 5 heterocycles. The average Bonchev–Trinajstić information content (AvgIpc) is 2.97. The van der Waals surface area contributed by atoms with E-state index in [9.17, 15) is 9.90 Å². The number of aromatic carboxylic acids is 1. The second-order valence-corrected chi connectivity index (χ2v) is 11.7. The molecule has 0 saturated heterocycles. The summed E-state index contributed by atoms with van der Waals surface area (Å²) in [7, 11) is 0.